The number of benzene rings is 1. The second kappa shape index (κ2) is 7.96. The van der Waals surface area contributed by atoms with Crippen LogP contribution in [0.1, 0.15) is 23.7 Å². The fourth-order valence-electron chi connectivity index (χ4n) is 2.34. The minimum atomic E-state index is -0.568. The van der Waals surface area contributed by atoms with Crippen molar-refractivity contribution in [3.63, 3.8) is 0 Å². The number of amides is 1. The summed E-state index contributed by atoms with van der Waals surface area (Å²) >= 11 is 1.24. The molecule has 0 saturated carbocycles. The van der Waals surface area contributed by atoms with E-state index in [0.29, 0.717) is 22.8 Å². The van der Waals surface area contributed by atoms with E-state index in [1.165, 1.54) is 28.2 Å². The number of fused-ring (bicyclic) bond motifs is 1. The Morgan fingerprint density at radius 2 is 2.11 bits per heavy atom. The molecule has 0 aliphatic carbocycles. The van der Waals surface area contributed by atoms with Crippen LogP contribution in [-0.2, 0) is 16.1 Å². The fraction of sp³-hybridized carbons (Fsp3) is 0.235. The smallest absolute Gasteiger partial charge is 0.338 e. The van der Waals surface area contributed by atoms with Crippen molar-refractivity contribution in [2.75, 3.05) is 11.9 Å². The van der Waals surface area contributed by atoms with E-state index in [4.69, 9.17) is 4.74 Å². The van der Waals surface area contributed by atoms with E-state index in [1.54, 1.807) is 25.1 Å². The molecule has 1 aromatic carbocycles. The number of hydrogen-bond donors (Lipinski definition) is 2. The number of rotatable bonds is 6. The van der Waals surface area contributed by atoms with Gasteiger partial charge in [0.15, 0.2) is 5.13 Å². The summed E-state index contributed by atoms with van der Waals surface area (Å²) in [4.78, 5) is 52.9. The summed E-state index contributed by atoms with van der Waals surface area (Å²) in [5.74, 6) is -0.734. The zero-order chi connectivity index (χ0) is 19.4. The lowest BCUT2D eigenvalue weighted by Crippen LogP contribution is -2.29. The van der Waals surface area contributed by atoms with Gasteiger partial charge >= 0.3 is 11.7 Å². The van der Waals surface area contributed by atoms with Crippen LogP contribution in [0.2, 0.25) is 0 Å². The molecule has 0 bridgehead atoms. The van der Waals surface area contributed by atoms with E-state index in [0.717, 1.165) is 4.70 Å². The lowest BCUT2D eigenvalue weighted by Gasteiger charge is -2.04. The molecule has 9 nitrogen and oxygen atoms in total. The molecule has 0 aliphatic heterocycles. The van der Waals surface area contributed by atoms with Crippen molar-refractivity contribution in [1.82, 2.24) is 14.5 Å². The van der Waals surface area contributed by atoms with Gasteiger partial charge in [-0.25, -0.2) is 14.6 Å². The molecule has 0 unspecified atom stereocenters. The first-order chi connectivity index (χ1) is 13.0. The van der Waals surface area contributed by atoms with Gasteiger partial charge in [0.05, 0.1) is 22.4 Å². The zero-order valence-corrected chi connectivity index (χ0v) is 15.2. The van der Waals surface area contributed by atoms with Crippen molar-refractivity contribution in [3.8, 4) is 0 Å². The van der Waals surface area contributed by atoms with Crippen LogP contribution in [0.15, 0.2) is 40.1 Å². The highest BCUT2D eigenvalue weighted by molar-refractivity contribution is 7.22. The third-order valence-electron chi connectivity index (χ3n) is 3.62. The van der Waals surface area contributed by atoms with E-state index in [-0.39, 0.29) is 18.9 Å². The highest BCUT2D eigenvalue weighted by atomic mass is 32.1. The predicted octanol–water partition coefficient (Wildman–Crippen LogP) is 1.35. The summed E-state index contributed by atoms with van der Waals surface area (Å²) in [6.07, 6.45) is 1.37. The van der Waals surface area contributed by atoms with Crippen molar-refractivity contribution < 1.29 is 14.3 Å². The summed E-state index contributed by atoms with van der Waals surface area (Å²) in [6.45, 7) is 2.15. The van der Waals surface area contributed by atoms with E-state index in [9.17, 15) is 19.2 Å². The van der Waals surface area contributed by atoms with Crippen molar-refractivity contribution in [2.24, 2.45) is 0 Å². The SMILES string of the molecule is CCOC(=O)c1ccc2nc(NC(=O)CCn3ccc(=O)[nH]c3=O)sc2c1. The number of carbonyl (C=O) groups excluding carboxylic acids is 2. The summed E-state index contributed by atoms with van der Waals surface area (Å²) in [5.41, 5.74) is 0.0164. The van der Waals surface area contributed by atoms with Crippen LogP contribution in [0, 0.1) is 0 Å². The molecule has 0 aliphatic rings. The molecule has 0 radical (unpaired) electrons. The number of aryl methyl sites for hydroxylation is 1. The van der Waals surface area contributed by atoms with E-state index >= 15 is 0 Å². The minimum Gasteiger partial charge on any atom is -0.462 e. The second-order valence-corrected chi connectivity index (χ2v) is 6.55. The molecule has 0 saturated heterocycles. The molecule has 1 amide bonds. The van der Waals surface area contributed by atoms with Gasteiger partial charge in [0.2, 0.25) is 5.91 Å². The first kappa shape index (κ1) is 18.5. The van der Waals surface area contributed by atoms with Crippen molar-refractivity contribution in [2.45, 2.75) is 19.9 Å². The van der Waals surface area contributed by atoms with Gasteiger partial charge in [-0.1, -0.05) is 11.3 Å². The quantitative estimate of drug-likeness (QED) is 0.615. The summed E-state index contributed by atoms with van der Waals surface area (Å²) in [5, 5.41) is 3.06. The number of ether oxygens (including phenoxy) is 1. The van der Waals surface area contributed by atoms with Crippen molar-refractivity contribution >= 4 is 38.6 Å². The number of aromatic amines is 1. The third kappa shape index (κ3) is 4.47. The van der Waals surface area contributed by atoms with E-state index in [1.807, 2.05) is 0 Å². The number of carbonyl (C=O) groups is 2. The molecule has 2 heterocycles. The average Bonchev–Trinajstić information content (AvgIpc) is 3.02. The summed E-state index contributed by atoms with van der Waals surface area (Å²) < 4.78 is 6.95. The number of esters is 1. The molecule has 3 rings (SSSR count). The molecule has 140 valence electrons. The molecular formula is C17H16N4O5S. The highest BCUT2D eigenvalue weighted by Crippen LogP contribution is 2.27. The normalized spacial score (nSPS) is 10.7. The number of hydrogen-bond acceptors (Lipinski definition) is 7. The van der Waals surface area contributed by atoms with Gasteiger partial charge in [-0.05, 0) is 25.1 Å². The van der Waals surface area contributed by atoms with Gasteiger partial charge in [-0.2, -0.15) is 0 Å². The van der Waals surface area contributed by atoms with Gasteiger partial charge < -0.3 is 14.6 Å². The number of thiazole rings is 1. The monoisotopic (exact) mass is 388 g/mol. The van der Waals surface area contributed by atoms with Crippen LogP contribution in [0.3, 0.4) is 0 Å². The van der Waals surface area contributed by atoms with Gasteiger partial charge in [-0.15, -0.1) is 0 Å². The molecule has 2 aromatic heterocycles. The zero-order valence-electron chi connectivity index (χ0n) is 14.4. The Balaban J connectivity index is 1.66. The Hall–Kier alpha value is -3.27. The molecule has 0 atom stereocenters. The first-order valence-corrected chi connectivity index (χ1v) is 8.95. The Kier molecular flexibility index (Phi) is 5.46. The number of nitrogens with one attached hydrogen (secondary N) is 2. The lowest BCUT2D eigenvalue weighted by atomic mass is 10.2. The predicted molar refractivity (Wildman–Crippen MR) is 100 cm³/mol. The molecule has 3 aromatic rings. The topological polar surface area (TPSA) is 123 Å². The maximum Gasteiger partial charge on any atom is 0.338 e. The van der Waals surface area contributed by atoms with Crippen LogP contribution < -0.4 is 16.6 Å². The Labute approximate surface area is 156 Å². The summed E-state index contributed by atoms with van der Waals surface area (Å²) in [6, 6.07) is 6.19. The largest absolute Gasteiger partial charge is 0.462 e. The Morgan fingerprint density at radius 1 is 1.30 bits per heavy atom. The first-order valence-electron chi connectivity index (χ1n) is 8.13. The number of aromatic nitrogens is 3. The van der Waals surface area contributed by atoms with Crippen molar-refractivity contribution in [3.05, 3.63) is 56.9 Å². The summed E-state index contributed by atoms with van der Waals surface area (Å²) in [7, 11) is 0. The Morgan fingerprint density at radius 3 is 2.85 bits per heavy atom. The molecule has 0 fully saturated rings. The third-order valence-corrected chi connectivity index (χ3v) is 4.56. The van der Waals surface area contributed by atoms with Gasteiger partial charge in [0.1, 0.15) is 0 Å². The van der Waals surface area contributed by atoms with Gasteiger partial charge in [0.25, 0.3) is 5.56 Å². The minimum absolute atomic E-state index is 0.0377. The van der Waals surface area contributed by atoms with Crippen LogP contribution in [0.25, 0.3) is 10.2 Å². The number of anilines is 1. The Bertz CT molecular complexity index is 1110. The fourth-order valence-corrected chi connectivity index (χ4v) is 3.26. The van der Waals surface area contributed by atoms with Crippen LogP contribution in [0.4, 0.5) is 5.13 Å². The molecule has 0 spiro atoms. The van der Waals surface area contributed by atoms with E-state index in [2.05, 4.69) is 15.3 Å². The molecule has 2 N–H and O–H groups in total. The number of H-pyrrole nitrogens is 1. The molecular weight excluding hydrogens is 372 g/mol. The van der Waals surface area contributed by atoms with Crippen LogP contribution in [-0.4, -0.2) is 33.0 Å². The molecule has 27 heavy (non-hydrogen) atoms. The van der Waals surface area contributed by atoms with Crippen LogP contribution >= 0.6 is 11.3 Å². The lowest BCUT2D eigenvalue weighted by molar-refractivity contribution is -0.116. The van der Waals surface area contributed by atoms with E-state index < -0.39 is 17.2 Å². The number of nitrogens with zero attached hydrogens (tertiary/aromatic N) is 2. The maximum absolute atomic E-state index is 12.1. The van der Waals surface area contributed by atoms with Gasteiger partial charge in [0, 0.05) is 25.2 Å². The van der Waals surface area contributed by atoms with Gasteiger partial charge in [-0.3, -0.25) is 14.6 Å². The standard InChI is InChI=1S/C17H16N4O5S/c1-2-26-15(24)10-3-4-11-12(9-10)27-16(18-11)19-13(22)5-7-21-8-6-14(23)20-17(21)25/h3-4,6,8-9H,2,5,7H2,1H3,(H,18,19,22)(H,20,23,25). The highest BCUT2D eigenvalue weighted by Gasteiger charge is 2.12. The second-order valence-electron chi connectivity index (χ2n) is 5.52. The molecule has 10 heteroatoms. The van der Waals surface area contributed by atoms with Crippen molar-refractivity contribution in [1.29, 1.82) is 0 Å². The maximum atomic E-state index is 12.1. The average molecular weight is 388 g/mol. The van der Waals surface area contributed by atoms with Crippen LogP contribution in [0.5, 0.6) is 0 Å².